The predicted molar refractivity (Wildman–Crippen MR) is 163 cm³/mol. The zero-order valence-corrected chi connectivity index (χ0v) is 25.7. The number of nitrogens with zero attached hydrogens (tertiary/aromatic N) is 4. The Bertz CT molecular complexity index is 1220. The van der Waals surface area contributed by atoms with E-state index in [4.69, 9.17) is 5.73 Å². The van der Waals surface area contributed by atoms with Crippen LogP contribution in [-0.4, -0.2) is 71.1 Å². The second-order valence-electron chi connectivity index (χ2n) is 11.6. The number of nitrogens with two attached hydrogens (primary N) is 1. The van der Waals surface area contributed by atoms with Crippen LogP contribution in [0.1, 0.15) is 74.0 Å². The Morgan fingerprint density at radius 2 is 1.95 bits per heavy atom. The second kappa shape index (κ2) is 15.4. The summed E-state index contributed by atoms with van der Waals surface area (Å²) in [6.45, 7) is 4.74. The summed E-state index contributed by atoms with van der Waals surface area (Å²) in [5, 5.41) is 15.7. The van der Waals surface area contributed by atoms with E-state index in [1.165, 1.54) is 11.3 Å². The van der Waals surface area contributed by atoms with Crippen LogP contribution in [-0.2, 0) is 27.2 Å². The van der Waals surface area contributed by atoms with Gasteiger partial charge in [0.2, 0.25) is 11.8 Å². The molecule has 42 heavy (non-hydrogen) atoms. The van der Waals surface area contributed by atoms with Crippen LogP contribution in [0.15, 0.2) is 35.8 Å². The molecule has 2 aliphatic rings. The highest BCUT2D eigenvalue weighted by atomic mass is 32.1. The van der Waals surface area contributed by atoms with E-state index < -0.39 is 5.92 Å². The Morgan fingerprint density at radius 3 is 2.57 bits per heavy atom. The number of thiazole rings is 1. The smallest absolute Gasteiger partial charge is 0.240 e. The average Bonchev–Trinajstić information content (AvgIpc) is 3.54. The summed E-state index contributed by atoms with van der Waals surface area (Å²) >= 11 is 1.45. The lowest BCUT2D eigenvalue weighted by molar-refractivity contribution is -0.135. The first-order valence-corrected chi connectivity index (χ1v) is 16.1. The number of amides is 2. The maximum absolute atomic E-state index is 13.5. The molecular weight excluding hydrogens is 548 g/mol. The number of Topliss-reactive ketones (excluding diaryl/α,β-unsaturated/α-hetero) is 1. The number of nitrogens with one attached hydrogen (secondary N) is 1. The van der Waals surface area contributed by atoms with Crippen LogP contribution in [0.3, 0.4) is 0 Å². The van der Waals surface area contributed by atoms with E-state index in [2.05, 4.69) is 28.2 Å². The molecule has 0 radical (unpaired) electrons. The molecule has 9 nitrogen and oxygen atoms in total. The molecule has 0 bridgehead atoms. The minimum Gasteiger partial charge on any atom is -0.369 e. The molecule has 1 aromatic carbocycles. The topological polar surface area (TPSA) is 132 Å². The van der Waals surface area contributed by atoms with Gasteiger partial charge in [0.25, 0.3) is 0 Å². The molecule has 2 amide bonds. The summed E-state index contributed by atoms with van der Waals surface area (Å²) in [6.07, 6.45) is 7.99. The maximum atomic E-state index is 13.5. The number of rotatable bonds is 13. The first kappa shape index (κ1) is 31.8. The van der Waals surface area contributed by atoms with Gasteiger partial charge in [0, 0.05) is 43.4 Å². The summed E-state index contributed by atoms with van der Waals surface area (Å²) in [6, 6.07) is 10.3. The molecule has 10 heteroatoms. The summed E-state index contributed by atoms with van der Waals surface area (Å²) in [5.74, 6) is -1.33. The summed E-state index contributed by atoms with van der Waals surface area (Å²) in [5.41, 5.74) is 7.73. The molecule has 2 saturated heterocycles. The fraction of sp³-hybridized carbons (Fsp3) is 0.594. The third kappa shape index (κ3) is 8.03. The molecule has 2 aliphatic heterocycles. The number of ketones is 1. The SMILES string of the molecule is CCCC(c1ccc(CCC(=O)C2CC(C(N)=O)CCN2C2CCNCC2)cc1)N(C)C(=O)C(C#N)Cc1nccs1. The third-order valence-corrected chi connectivity index (χ3v) is 9.72. The zero-order chi connectivity index (χ0) is 30.1. The molecule has 226 valence electrons. The monoisotopic (exact) mass is 592 g/mol. The normalized spacial score (nSPS) is 21.3. The van der Waals surface area contributed by atoms with Crippen molar-refractivity contribution in [2.24, 2.45) is 17.6 Å². The van der Waals surface area contributed by atoms with E-state index >= 15 is 0 Å². The van der Waals surface area contributed by atoms with E-state index in [-0.39, 0.29) is 35.6 Å². The lowest BCUT2D eigenvalue weighted by atomic mass is 9.84. The summed E-state index contributed by atoms with van der Waals surface area (Å²) < 4.78 is 0. The Balaban J connectivity index is 1.39. The molecule has 0 aliphatic carbocycles. The highest BCUT2D eigenvalue weighted by Gasteiger charge is 2.38. The largest absolute Gasteiger partial charge is 0.369 e. The van der Waals surface area contributed by atoms with Gasteiger partial charge in [0.15, 0.2) is 0 Å². The van der Waals surface area contributed by atoms with E-state index in [9.17, 15) is 19.6 Å². The van der Waals surface area contributed by atoms with Crippen molar-refractivity contribution in [2.45, 2.75) is 82.8 Å². The van der Waals surface area contributed by atoms with E-state index in [0.29, 0.717) is 31.7 Å². The standard InChI is InChI=1S/C32H44N6O3S/c1-3-4-27(37(2)32(41)25(21-33)20-30-36-16-18-42-30)23-8-5-22(6-9-23)7-10-29(39)28-19-24(31(34)40)13-17-38(28)26-11-14-35-15-12-26/h5-6,8-9,16,18,24-28,35H,3-4,7,10-15,17,19-20H2,1-2H3,(H2,34,40). The molecule has 0 spiro atoms. The van der Waals surface area contributed by atoms with Gasteiger partial charge in [-0.3, -0.25) is 19.3 Å². The van der Waals surface area contributed by atoms with Crippen LogP contribution < -0.4 is 11.1 Å². The number of aryl methyl sites for hydroxylation is 1. The van der Waals surface area contributed by atoms with Crippen LogP contribution in [0.5, 0.6) is 0 Å². The van der Waals surface area contributed by atoms with Crippen LogP contribution >= 0.6 is 11.3 Å². The highest BCUT2D eigenvalue weighted by molar-refractivity contribution is 7.09. The minimum absolute atomic E-state index is 0.142. The molecule has 3 heterocycles. The van der Waals surface area contributed by atoms with Crippen molar-refractivity contribution in [3.63, 3.8) is 0 Å². The van der Waals surface area contributed by atoms with Crippen molar-refractivity contribution in [1.82, 2.24) is 20.1 Å². The third-order valence-electron chi connectivity index (χ3n) is 8.91. The average molecular weight is 593 g/mol. The van der Waals surface area contributed by atoms with E-state index in [0.717, 1.165) is 67.9 Å². The van der Waals surface area contributed by atoms with Crippen molar-refractivity contribution in [3.05, 3.63) is 52.0 Å². The van der Waals surface area contributed by atoms with Gasteiger partial charge in [-0.1, -0.05) is 37.6 Å². The van der Waals surface area contributed by atoms with Crippen LogP contribution in [0.2, 0.25) is 0 Å². The summed E-state index contributed by atoms with van der Waals surface area (Å²) in [4.78, 5) is 47.1. The van der Waals surface area contributed by atoms with Crippen molar-refractivity contribution >= 4 is 28.9 Å². The molecule has 0 saturated carbocycles. The number of benzene rings is 1. The van der Waals surface area contributed by atoms with Crippen LogP contribution in [0.4, 0.5) is 0 Å². The van der Waals surface area contributed by atoms with Gasteiger partial charge in [-0.2, -0.15) is 5.26 Å². The number of carbonyl (C=O) groups is 3. The molecule has 2 aromatic rings. The Kier molecular flexibility index (Phi) is 11.6. The first-order valence-electron chi connectivity index (χ1n) is 15.2. The van der Waals surface area contributed by atoms with Gasteiger partial charge in [0.05, 0.1) is 23.2 Å². The number of nitriles is 1. The van der Waals surface area contributed by atoms with Crippen LogP contribution in [0.25, 0.3) is 0 Å². The Hall–Kier alpha value is -3.13. The van der Waals surface area contributed by atoms with Crippen molar-refractivity contribution < 1.29 is 14.4 Å². The lowest BCUT2D eigenvalue weighted by Gasteiger charge is -2.44. The zero-order valence-electron chi connectivity index (χ0n) is 24.8. The number of hydrogen-bond acceptors (Lipinski definition) is 8. The number of hydrogen-bond donors (Lipinski definition) is 2. The number of carbonyl (C=O) groups excluding carboxylic acids is 3. The number of aromatic nitrogens is 1. The van der Waals surface area contributed by atoms with Crippen LogP contribution in [0, 0.1) is 23.2 Å². The van der Waals surface area contributed by atoms with E-state index in [1.54, 1.807) is 18.1 Å². The Labute approximate surface area is 253 Å². The predicted octanol–water partition coefficient (Wildman–Crippen LogP) is 3.64. The highest BCUT2D eigenvalue weighted by Crippen LogP contribution is 2.30. The Morgan fingerprint density at radius 1 is 1.21 bits per heavy atom. The molecule has 4 unspecified atom stereocenters. The quantitative estimate of drug-likeness (QED) is 0.363. The number of piperidine rings is 2. The van der Waals surface area contributed by atoms with Crippen molar-refractivity contribution in [1.29, 1.82) is 5.26 Å². The van der Waals surface area contributed by atoms with Gasteiger partial charge in [-0.05, 0) is 69.3 Å². The number of primary amides is 1. The first-order chi connectivity index (χ1) is 20.3. The minimum atomic E-state index is -0.774. The van der Waals surface area contributed by atoms with Gasteiger partial charge in [0.1, 0.15) is 11.7 Å². The van der Waals surface area contributed by atoms with E-state index in [1.807, 2.05) is 29.6 Å². The molecule has 1 aromatic heterocycles. The lowest BCUT2D eigenvalue weighted by Crippen LogP contribution is -2.55. The fourth-order valence-electron chi connectivity index (χ4n) is 6.45. The van der Waals surface area contributed by atoms with Gasteiger partial charge in [-0.25, -0.2) is 4.98 Å². The fourth-order valence-corrected chi connectivity index (χ4v) is 7.11. The molecule has 2 fully saturated rings. The molecular formula is C32H44N6O3S. The van der Waals surface area contributed by atoms with Crippen molar-refractivity contribution in [3.8, 4) is 6.07 Å². The second-order valence-corrected chi connectivity index (χ2v) is 12.6. The molecule has 3 N–H and O–H groups in total. The van der Waals surface area contributed by atoms with Gasteiger partial charge < -0.3 is 16.0 Å². The number of likely N-dealkylation sites (tertiary alicyclic amines) is 1. The molecule has 4 rings (SSSR count). The van der Waals surface area contributed by atoms with Gasteiger partial charge in [-0.15, -0.1) is 11.3 Å². The van der Waals surface area contributed by atoms with Gasteiger partial charge >= 0.3 is 0 Å². The summed E-state index contributed by atoms with van der Waals surface area (Å²) in [7, 11) is 1.78. The maximum Gasteiger partial charge on any atom is 0.240 e. The molecule has 4 atom stereocenters. The van der Waals surface area contributed by atoms with Crippen molar-refractivity contribution in [2.75, 3.05) is 26.7 Å².